The van der Waals surface area contributed by atoms with Crippen LogP contribution in [0.2, 0.25) is 5.02 Å². The maximum absolute atomic E-state index is 14.4. The second-order valence-electron chi connectivity index (χ2n) is 21.8. The molecular weight excluding hydrogens is 1140 g/mol. The zero-order valence-electron chi connectivity index (χ0n) is 48.2. The minimum Gasteiger partial charge on any atom is -0.495 e. The summed E-state index contributed by atoms with van der Waals surface area (Å²) in [5.41, 5.74) is 2.79. The first kappa shape index (κ1) is 64.2. The van der Waals surface area contributed by atoms with E-state index in [1.807, 2.05) is 26.8 Å². The third-order valence-electron chi connectivity index (χ3n) is 15.0. The van der Waals surface area contributed by atoms with E-state index in [1.165, 1.54) is 59.6 Å². The Kier molecular flexibility index (Phi) is 21.3. The maximum Gasteiger partial charge on any atom is 0.409 e. The Labute approximate surface area is 495 Å². The number of likely N-dealkylation sites (N-methyl/N-ethyl adjacent to an activating group) is 1. The van der Waals surface area contributed by atoms with Crippen molar-refractivity contribution in [3.05, 3.63) is 70.3 Å². The molecule has 4 bridgehead atoms. The van der Waals surface area contributed by atoms with E-state index in [2.05, 4.69) is 15.8 Å². The van der Waals surface area contributed by atoms with Crippen molar-refractivity contribution in [2.45, 2.75) is 152 Å². The lowest BCUT2D eigenvalue weighted by Gasteiger charge is -2.42. The fraction of sp³-hybridized carbons (Fsp3) is 0.561. The van der Waals surface area contributed by atoms with Gasteiger partial charge in [0.1, 0.15) is 52.2 Å². The second kappa shape index (κ2) is 27.6. The number of hydrogen-bond acceptors (Lipinski definition) is 20. The number of aliphatic hydroxyl groups is 1. The molecule has 3 N–H and O–H groups in total. The van der Waals surface area contributed by atoms with Gasteiger partial charge in [-0.2, -0.15) is 5.10 Å². The molecule has 5 aliphatic rings. The molecule has 6 amide bonds. The van der Waals surface area contributed by atoms with Crippen LogP contribution in [0.5, 0.6) is 17.2 Å². The number of imide groups is 1. The van der Waals surface area contributed by atoms with E-state index in [4.69, 9.17) is 49.6 Å². The van der Waals surface area contributed by atoms with Gasteiger partial charge in [-0.3, -0.25) is 29.3 Å². The molecule has 0 unspecified atom stereocenters. The first-order chi connectivity index (χ1) is 39.3. The number of epoxide rings is 1. The fourth-order valence-corrected chi connectivity index (χ4v) is 12.8. The highest BCUT2D eigenvalue weighted by Crippen LogP contribution is 2.49. The quantitative estimate of drug-likeness (QED) is 0.0337. The average Bonchev–Trinajstić information content (AvgIpc) is 2.25. The number of nitrogens with zero attached hydrogens (tertiary/aromatic N) is 4. The Balaban J connectivity index is 0.925. The Morgan fingerprint density at radius 3 is 2.51 bits per heavy atom. The molecule has 5 heterocycles. The van der Waals surface area contributed by atoms with E-state index in [0.717, 1.165) is 11.1 Å². The van der Waals surface area contributed by atoms with Gasteiger partial charge < -0.3 is 52.9 Å². The van der Waals surface area contributed by atoms with Gasteiger partial charge in [0.05, 0.1) is 50.7 Å². The summed E-state index contributed by atoms with van der Waals surface area (Å²) in [4.78, 5) is 112. The molecule has 0 saturated carbocycles. The summed E-state index contributed by atoms with van der Waals surface area (Å²) in [6, 6.07) is 7.61. The summed E-state index contributed by atoms with van der Waals surface area (Å²) in [6.07, 6.45) is 1.25. The molecular formula is C57H73ClN6O17S2. The molecule has 0 aromatic heterocycles. The van der Waals surface area contributed by atoms with Crippen LogP contribution in [0.4, 0.5) is 10.5 Å². The molecule has 5 aliphatic heterocycles. The van der Waals surface area contributed by atoms with Crippen molar-refractivity contribution < 1.29 is 81.5 Å². The first-order valence-corrected chi connectivity index (χ1v) is 29.9. The highest BCUT2D eigenvalue weighted by Gasteiger charge is 2.64. The number of hydrazone groups is 1. The van der Waals surface area contributed by atoms with Crippen molar-refractivity contribution in [1.29, 1.82) is 0 Å². The summed E-state index contributed by atoms with van der Waals surface area (Å²) in [6.45, 7) is 11.2. The number of esters is 1. The van der Waals surface area contributed by atoms with Crippen LogP contribution in [0.25, 0.3) is 0 Å². The summed E-state index contributed by atoms with van der Waals surface area (Å²) >= 11 is 6.84. The van der Waals surface area contributed by atoms with Crippen molar-refractivity contribution >= 4 is 92.2 Å². The number of allylic oxidation sites excluding steroid dienone is 3. The van der Waals surface area contributed by atoms with Gasteiger partial charge in [-0.15, -0.1) is 5.06 Å². The molecule has 452 valence electrons. The van der Waals surface area contributed by atoms with Gasteiger partial charge in [-0.05, 0) is 77.3 Å². The van der Waals surface area contributed by atoms with Crippen molar-refractivity contribution in [2.75, 3.05) is 52.2 Å². The van der Waals surface area contributed by atoms with E-state index < -0.39 is 88.2 Å². The van der Waals surface area contributed by atoms with E-state index in [9.17, 15) is 43.5 Å². The Bertz CT molecular complexity index is 2910. The molecule has 2 aromatic carbocycles. The lowest BCUT2D eigenvalue weighted by molar-refractivity contribution is -0.197. The standard InChI is InChI=1S/C57H73ClN6O17S2/c1-32-13-11-14-43(75-10)57(73)30-42(78-54(72)59-57)33(2)52-56(6,80-52)44(29-49(69)63(8)39-26-35(25-32)27-41(74-9)51(39)58)79-53(71)34(3)62(7)46(66)21-24-82-83-55(4,5)31-45(65)61-60-38-20-23-77-40-28-36(16-17-37(38)40)76-22-12-15-50(70)81-64-47(67)18-19-48(64)68/h11,13-14,16-17,26-28,33-34,42-44,52,73H,12,15,18-25,29-31H2,1-10H3,(H,59,72)(H,61,65)/b14-11+,32-13+,60-38+/t33-,34+,42+,43-,44+,52+,56+,57+/m1/s1. The van der Waals surface area contributed by atoms with Crippen LogP contribution in [0.1, 0.15) is 110 Å². The fourth-order valence-electron chi connectivity index (χ4n) is 9.98. The molecule has 0 spiro atoms. The van der Waals surface area contributed by atoms with Gasteiger partial charge in [0.15, 0.2) is 5.72 Å². The molecule has 3 saturated heterocycles. The highest BCUT2D eigenvalue weighted by molar-refractivity contribution is 8.77. The van der Waals surface area contributed by atoms with Gasteiger partial charge >= 0.3 is 18.0 Å². The number of alkyl carbamates (subject to hydrolysis) is 1. The Morgan fingerprint density at radius 2 is 1.80 bits per heavy atom. The third-order valence-corrected chi connectivity index (χ3v) is 18.6. The first-order valence-electron chi connectivity index (χ1n) is 27.2. The van der Waals surface area contributed by atoms with E-state index >= 15 is 0 Å². The molecule has 83 heavy (non-hydrogen) atoms. The predicted octanol–water partition coefficient (Wildman–Crippen LogP) is 6.52. The number of amides is 6. The van der Waals surface area contributed by atoms with Crippen LogP contribution < -0.4 is 29.9 Å². The Hall–Kier alpha value is -6.38. The van der Waals surface area contributed by atoms with Crippen LogP contribution in [0.3, 0.4) is 0 Å². The molecule has 23 nitrogen and oxygen atoms in total. The number of hydroxylamine groups is 2. The van der Waals surface area contributed by atoms with Gasteiger partial charge in [0.25, 0.3) is 11.8 Å². The zero-order chi connectivity index (χ0) is 60.6. The lowest BCUT2D eigenvalue weighted by Crippen LogP contribution is -2.63. The van der Waals surface area contributed by atoms with Crippen LogP contribution in [0, 0.1) is 5.92 Å². The second-order valence-corrected chi connectivity index (χ2v) is 25.3. The third kappa shape index (κ3) is 16.1. The van der Waals surface area contributed by atoms with Crippen molar-refractivity contribution in [2.24, 2.45) is 11.0 Å². The number of ether oxygens (including phenoxy) is 7. The van der Waals surface area contributed by atoms with Crippen LogP contribution >= 0.6 is 33.2 Å². The number of fused-ring (bicyclic) bond motifs is 6. The number of halogens is 1. The largest absolute Gasteiger partial charge is 0.495 e. The monoisotopic (exact) mass is 1210 g/mol. The number of carbonyl (C=O) groups is 8. The molecule has 2 aromatic rings. The molecule has 7 rings (SSSR count). The smallest absolute Gasteiger partial charge is 0.409 e. The average molecular weight is 1210 g/mol. The molecule has 0 radical (unpaired) electrons. The zero-order valence-corrected chi connectivity index (χ0v) is 50.6. The van der Waals surface area contributed by atoms with Crippen LogP contribution in [-0.2, 0) is 63.8 Å². The lowest BCUT2D eigenvalue weighted by atomic mass is 9.83. The molecule has 3 fully saturated rings. The number of carbonyl (C=O) groups excluding carboxylic acids is 8. The summed E-state index contributed by atoms with van der Waals surface area (Å²) < 4.78 is 40.6. The molecule has 26 heteroatoms. The van der Waals surface area contributed by atoms with Gasteiger partial charge in [-0.1, -0.05) is 63.9 Å². The number of methoxy groups -OCH3 is 2. The minimum absolute atomic E-state index is 0.0123. The predicted molar refractivity (Wildman–Crippen MR) is 307 cm³/mol. The maximum atomic E-state index is 14.4. The summed E-state index contributed by atoms with van der Waals surface area (Å²) in [5, 5.41) is 19.5. The van der Waals surface area contributed by atoms with Gasteiger partial charge in [0.2, 0.25) is 17.7 Å². The number of benzene rings is 2. The van der Waals surface area contributed by atoms with Crippen LogP contribution in [-0.4, -0.2) is 162 Å². The van der Waals surface area contributed by atoms with Gasteiger partial charge in [0, 0.05) is 87.8 Å². The topological polar surface area (TPSA) is 280 Å². The van der Waals surface area contributed by atoms with E-state index in [-0.39, 0.29) is 74.8 Å². The van der Waals surface area contributed by atoms with E-state index in [1.54, 1.807) is 63.4 Å². The van der Waals surface area contributed by atoms with E-state index in [0.29, 0.717) is 64.5 Å². The highest BCUT2D eigenvalue weighted by atomic mass is 35.5. The number of anilines is 1. The molecule has 8 atom stereocenters. The number of hydrogen-bond donors (Lipinski definition) is 3. The van der Waals surface area contributed by atoms with Crippen LogP contribution in [0.15, 0.2) is 59.2 Å². The summed E-state index contributed by atoms with van der Waals surface area (Å²) in [7, 11) is 8.76. The normalized spacial score (nSPS) is 26.4. The SMILES string of the molecule is COc1cc2cc(c1Cl)N(C)C(=O)C[C@H](OC(=O)[C@H](C)N(C)C(=O)CCSSC(C)(C)CC(=O)N/N=C1\CCOc3cc(OCCCC(=O)ON4C(=O)CCC4=O)ccc31)[C@]1(C)O[C@H]1[C@H](C)[C@@H]1C[C@@](O)(NC(=O)O1)[C@H](OC)/C=C/C=C(\C)C2. The van der Waals surface area contributed by atoms with Crippen molar-refractivity contribution in [3.63, 3.8) is 0 Å². The molecule has 0 aliphatic carbocycles. The number of nitrogens with one attached hydrogen (secondary N) is 2. The summed E-state index contributed by atoms with van der Waals surface area (Å²) in [5.74, 6) is -2.69. The van der Waals surface area contributed by atoms with Crippen molar-refractivity contribution in [3.8, 4) is 17.2 Å². The van der Waals surface area contributed by atoms with Gasteiger partial charge in [-0.25, -0.2) is 19.8 Å². The minimum atomic E-state index is -1.88. The number of rotatable bonds is 19. The van der Waals surface area contributed by atoms with Crippen molar-refractivity contribution in [1.82, 2.24) is 20.7 Å². The Morgan fingerprint density at radius 1 is 1.06 bits per heavy atom.